The zero-order valence-corrected chi connectivity index (χ0v) is 66.5. The molecule has 0 saturated carbocycles. The number of rotatable bonds is 6. The zero-order valence-electron chi connectivity index (χ0n) is 65.7. The molecule has 0 bridgehead atoms. The van der Waals surface area contributed by atoms with E-state index in [1.165, 1.54) is 215 Å². The van der Waals surface area contributed by atoms with Crippen LogP contribution in [0.5, 0.6) is 0 Å². The lowest BCUT2D eigenvalue weighted by atomic mass is 9.71. The maximum atomic E-state index is 2.59. The number of anilines is 12. The standard InChI is InChI=1S/C56H42N2.C54H40N2S/c1-55(2)44-21-11-10-20-40(44)43-33-47-52(34-46(43)55)58(51-23-13-12-22-45(51)56(47,3)4)50-32-28-37-25-29-41-49(31-27-36-26-30-42(50)54(37)53(36)41)57(38-17-6-5-7-18-38)48-24-14-16-35-15-8-9-19-39(35)48;1-53(2)41-22-10-9-19-35(41)40-29-44-50(32-43(40)53)55(45-24-12-11-23-42(45)54(44,3)4)48-30-38-34-18-6-8-21-37(34)49(31-39(38)33-17-5-7-20-36(33)48)56-46-25-13-15-27-51(46)57-52-28-16-14-26-47(52)56/h5-34H,1-4H3;5-32H,1-4H3. The molecule has 548 valence electrons. The molecule has 0 atom stereocenters. The summed E-state index contributed by atoms with van der Waals surface area (Å²) < 4.78 is 0. The summed E-state index contributed by atoms with van der Waals surface area (Å²) in [6.45, 7) is 19.2. The van der Waals surface area contributed by atoms with Crippen LogP contribution >= 0.6 is 11.8 Å². The normalized spacial score (nSPS) is 15.1. The van der Waals surface area contributed by atoms with Crippen molar-refractivity contribution in [1.82, 2.24) is 0 Å². The van der Waals surface area contributed by atoms with Gasteiger partial charge in [0.25, 0.3) is 0 Å². The fraction of sp³-hybridized carbons (Fsp3) is 0.109. The molecule has 19 aromatic carbocycles. The summed E-state index contributed by atoms with van der Waals surface area (Å²) in [7, 11) is 0. The van der Waals surface area contributed by atoms with E-state index in [0.29, 0.717) is 0 Å². The Balaban J connectivity index is 0.000000136. The Morgan fingerprint density at radius 1 is 0.209 bits per heavy atom. The van der Waals surface area contributed by atoms with Gasteiger partial charge in [-0.3, -0.25) is 0 Å². The molecule has 0 unspecified atom stereocenters. The molecule has 0 aromatic heterocycles. The van der Waals surface area contributed by atoms with Gasteiger partial charge in [0.1, 0.15) is 0 Å². The van der Waals surface area contributed by atoms with Crippen molar-refractivity contribution in [2.24, 2.45) is 0 Å². The van der Waals surface area contributed by atoms with Gasteiger partial charge in [-0.25, -0.2) is 0 Å². The fourth-order valence-electron chi connectivity index (χ4n) is 21.1. The fourth-order valence-corrected chi connectivity index (χ4v) is 22.2. The Kier molecular flexibility index (Phi) is 14.5. The molecule has 115 heavy (non-hydrogen) atoms. The van der Waals surface area contributed by atoms with Crippen LogP contribution in [-0.4, -0.2) is 0 Å². The molecule has 2 aliphatic carbocycles. The van der Waals surface area contributed by atoms with E-state index in [-0.39, 0.29) is 21.7 Å². The summed E-state index contributed by atoms with van der Waals surface area (Å²) in [5.74, 6) is 0. The quantitative estimate of drug-likeness (QED) is 0.153. The van der Waals surface area contributed by atoms with Crippen LogP contribution in [0, 0.1) is 0 Å². The molecule has 0 fully saturated rings. The molecule has 0 spiro atoms. The SMILES string of the molecule is CC1(C)c2ccccc2-c2cc3c(cc21)N(c1cc2c4ccccc4c(N4c5ccccc5Sc5ccccc54)cc2c2ccccc12)c1ccccc1C3(C)C.CC1(C)c2ccccc2-c2cc3c(cc21)N(c1ccc2ccc4c(N(c5ccccc5)c5cccc6ccccc56)ccc5ccc1c2c54)c1ccccc1C3(C)C. The van der Waals surface area contributed by atoms with Crippen LogP contribution in [0.15, 0.2) is 362 Å². The molecule has 5 aliphatic rings. The van der Waals surface area contributed by atoms with E-state index in [9.17, 15) is 0 Å². The highest BCUT2D eigenvalue weighted by Gasteiger charge is 2.45. The van der Waals surface area contributed by atoms with Crippen molar-refractivity contribution >= 4 is 155 Å². The van der Waals surface area contributed by atoms with Crippen LogP contribution in [0.4, 0.5) is 68.2 Å². The molecule has 4 nitrogen and oxygen atoms in total. The highest BCUT2D eigenvalue weighted by Crippen LogP contribution is 2.63. The van der Waals surface area contributed by atoms with Crippen LogP contribution in [0.2, 0.25) is 0 Å². The minimum Gasteiger partial charge on any atom is -0.309 e. The number of hydrogen-bond acceptors (Lipinski definition) is 5. The summed E-state index contributed by atoms with van der Waals surface area (Å²) in [4.78, 5) is 12.6. The summed E-state index contributed by atoms with van der Waals surface area (Å²) in [6.07, 6.45) is 0. The van der Waals surface area contributed by atoms with Gasteiger partial charge in [0, 0.05) is 64.1 Å². The van der Waals surface area contributed by atoms with E-state index >= 15 is 0 Å². The predicted molar refractivity (Wildman–Crippen MR) is 489 cm³/mol. The van der Waals surface area contributed by atoms with Gasteiger partial charge >= 0.3 is 0 Å². The van der Waals surface area contributed by atoms with Crippen LogP contribution in [0.25, 0.3) is 97.7 Å². The third kappa shape index (κ3) is 9.62. The van der Waals surface area contributed by atoms with Crippen molar-refractivity contribution in [3.05, 3.63) is 396 Å². The van der Waals surface area contributed by atoms with Crippen molar-refractivity contribution in [3.63, 3.8) is 0 Å². The first-order valence-electron chi connectivity index (χ1n) is 40.5. The summed E-state index contributed by atoms with van der Waals surface area (Å²) >= 11 is 1.86. The molecule has 3 aliphatic heterocycles. The van der Waals surface area contributed by atoms with Gasteiger partial charge in [0.05, 0.1) is 62.6 Å². The second-order valence-electron chi connectivity index (χ2n) is 34.2. The molecule has 0 radical (unpaired) electrons. The van der Waals surface area contributed by atoms with Crippen molar-refractivity contribution in [2.45, 2.75) is 86.8 Å². The van der Waals surface area contributed by atoms with Crippen molar-refractivity contribution in [3.8, 4) is 22.3 Å². The Morgan fingerprint density at radius 3 is 1.16 bits per heavy atom. The van der Waals surface area contributed by atoms with Crippen LogP contribution in [0.1, 0.15) is 99.9 Å². The zero-order chi connectivity index (χ0) is 77.1. The highest BCUT2D eigenvalue weighted by molar-refractivity contribution is 7.99. The average Bonchev–Trinajstić information content (AvgIpc) is 1.68. The summed E-state index contributed by atoms with van der Waals surface area (Å²) in [5.41, 5.74) is 30.4. The van der Waals surface area contributed by atoms with Crippen molar-refractivity contribution in [2.75, 3.05) is 19.6 Å². The number of fused-ring (bicyclic) bond motifs is 18. The van der Waals surface area contributed by atoms with Gasteiger partial charge in [0.2, 0.25) is 0 Å². The number of benzene rings is 19. The van der Waals surface area contributed by atoms with Gasteiger partial charge in [-0.2, -0.15) is 0 Å². The molecule has 24 rings (SSSR count). The first-order valence-corrected chi connectivity index (χ1v) is 41.4. The number of nitrogens with zero attached hydrogens (tertiary/aromatic N) is 4. The van der Waals surface area contributed by atoms with E-state index in [1.54, 1.807) is 0 Å². The summed E-state index contributed by atoms with van der Waals surface area (Å²) in [5, 5.41) is 17.5. The molecule has 0 saturated heterocycles. The molecule has 5 heteroatoms. The molecule has 19 aromatic rings. The minimum absolute atomic E-state index is 0.110. The molecule has 3 heterocycles. The van der Waals surface area contributed by atoms with Crippen molar-refractivity contribution in [1.29, 1.82) is 0 Å². The summed E-state index contributed by atoms with van der Waals surface area (Å²) in [6, 6.07) is 132. The molecule has 0 amide bonds. The predicted octanol–water partition coefficient (Wildman–Crippen LogP) is 31.1. The van der Waals surface area contributed by atoms with E-state index in [4.69, 9.17) is 0 Å². The van der Waals surface area contributed by atoms with Gasteiger partial charge in [-0.1, -0.05) is 316 Å². The minimum atomic E-state index is -0.202. The first-order chi connectivity index (χ1) is 56.1. The molecule has 0 N–H and O–H groups in total. The average molecular weight is 1490 g/mol. The van der Waals surface area contributed by atoms with Crippen LogP contribution in [0.3, 0.4) is 0 Å². The monoisotopic (exact) mass is 1490 g/mol. The third-order valence-corrected chi connectivity index (χ3v) is 27.9. The first kappa shape index (κ1) is 67.5. The Morgan fingerprint density at radius 2 is 0.600 bits per heavy atom. The third-order valence-electron chi connectivity index (χ3n) is 26.7. The lowest BCUT2D eigenvalue weighted by Gasteiger charge is -2.43. The van der Waals surface area contributed by atoms with E-state index in [0.717, 1.165) is 5.69 Å². The highest BCUT2D eigenvalue weighted by atomic mass is 32.2. The van der Waals surface area contributed by atoms with E-state index in [1.807, 2.05) is 11.8 Å². The Bertz CT molecular complexity index is 7310. The number of hydrogen-bond donors (Lipinski definition) is 0. The Hall–Kier alpha value is -13.2. The Labute approximate surface area is 675 Å². The largest absolute Gasteiger partial charge is 0.309 e. The van der Waals surface area contributed by atoms with Gasteiger partial charge < -0.3 is 19.6 Å². The van der Waals surface area contributed by atoms with Gasteiger partial charge in [-0.15, -0.1) is 0 Å². The second kappa shape index (κ2) is 24.7. The molecular formula is C110H82N4S. The lowest BCUT2D eigenvalue weighted by molar-refractivity contribution is 0.627. The lowest BCUT2D eigenvalue weighted by Crippen LogP contribution is -2.31. The molecular weight excluding hydrogens is 1410 g/mol. The van der Waals surface area contributed by atoms with E-state index < -0.39 is 0 Å². The van der Waals surface area contributed by atoms with E-state index in [2.05, 4.69) is 427 Å². The maximum Gasteiger partial charge on any atom is 0.0601 e. The topological polar surface area (TPSA) is 13.0 Å². The van der Waals surface area contributed by atoms with Crippen molar-refractivity contribution < 1.29 is 0 Å². The smallest absolute Gasteiger partial charge is 0.0601 e. The van der Waals surface area contributed by atoms with Crippen LogP contribution < -0.4 is 19.6 Å². The van der Waals surface area contributed by atoms with Crippen LogP contribution in [-0.2, 0) is 21.7 Å². The van der Waals surface area contributed by atoms with Gasteiger partial charge in [0.15, 0.2) is 0 Å². The second-order valence-corrected chi connectivity index (χ2v) is 35.3. The number of para-hydroxylation sites is 5. The maximum absolute atomic E-state index is 2.59. The van der Waals surface area contributed by atoms with Gasteiger partial charge in [-0.05, 0) is 218 Å².